The summed E-state index contributed by atoms with van der Waals surface area (Å²) in [6.45, 7) is 3.31. The lowest BCUT2D eigenvalue weighted by molar-refractivity contribution is -0.145. The summed E-state index contributed by atoms with van der Waals surface area (Å²) in [4.78, 5) is 14.9. The highest BCUT2D eigenvalue weighted by atomic mass is 16.5. The molecule has 7 heteroatoms. The first-order valence-corrected chi connectivity index (χ1v) is 10.9. The van der Waals surface area contributed by atoms with Gasteiger partial charge in [0.05, 0.1) is 34.0 Å². The summed E-state index contributed by atoms with van der Waals surface area (Å²) >= 11 is 0. The molecule has 0 aliphatic rings. The minimum absolute atomic E-state index is 0.258. The number of nitrogens with zero attached hydrogens (tertiary/aromatic N) is 2. The third kappa shape index (κ3) is 6.25. The predicted molar refractivity (Wildman–Crippen MR) is 126 cm³/mol. The number of nitriles is 1. The highest BCUT2D eigenvalue weighted by Gasteiger charge is 2.42. The zero-order chi connectivity index (χ0) is 24.4. The lowest BCUT2D eigenvalue weighted by Gasteiger charge is -2.26. The van der Waals surface area contributed by atoms with Gasteiger partial charge in [-0.3, -0.25) is 0 Å². The Hall–Kier alpha value is -3.08. The maximum Gasteiger partial charge on any atom is 0.330 e. The highest BCUT2D eigenvalue weighted by molar-refractivity contribution is 5.86. The summed E-state index contributed by atoms with van der Waals surface area (Å²) in [5.74, 6) is 0.785. The molecule has 2 rings (SSSR count). The van der Waals surface area contributed by atoms with Crippen molar-refractivity contribution in [3.05, 3.63) is 58.7 Å². The van der Waals surface area contributed by atoms with E-state index in [-0.39, 0.29) is 6.61 Å². The van der Waals surface area contributed by atoms with Crippen molar-refractivity contribution >= 4 is 5.97 Å². The Morgan fingerprint density at radius 3 is 2.42 bits per heavy atom. The number of methoxy groups -OCH3 is 3. The number of aryl methyl sites for hydroxylation is 1. The maximum absolute atomic E-state index is 12.7. The molecule has 0 saturated heterocycles. The zero-order valence-corrected chi connectivity index (χ0v) is 20.2. The fourth-order valence-corrected chi connectivity index (χ4v) is 3.94. The van der Waals surface area contributed by atoms with Crippen molar-refractivity contribution < 1.29 is 24.1 Å². The van der Waals surface area contributed by atoms with Crippen LogP contribution in [0.3, 0.4) is 0 Å². The van der Waals surface area contributed by atoms with Crippen molar-refractivity contribution in [3.63, 3.8) is 0 Å². The van der Waals surface area contributed by atoms with Crippen molar-refractivity contribution in [1.29, 1.82) is 5.26 Å². The van der Waals surface area contributed by atoms with Crippen LogP contribution in [0.25, 0.3) is 0 Å². The van der Waals surface area contributed by atoms with Gasteiger partial charge in [-0.15, -0.1) is 0 Å². The van der Waals surface area contributed by atoms with Gasteiger partial charge in [0.1, 0.15) is 11.5 Å². The third-order valence-electron chi connectivity index (χ3n) is 6.01. The number of hydrogen-bond acceptors (Lipinski definition) is 7. The molecule has 0 bridgehead atoms. The number of hydrogen-bond donors (Lipinski definition) is 1. The standard InChI is InChI=1S/C26H34N2O5/c1-19-7-8-20(15-24(19)32-4)11-14-28(2)13-6-12-26(18-27,25(30)33-5)22-9-10-23(31-3)21(16-22)17-29/h7-10,15-16,29H,6,11-14,17H2,1-5H3. The topological polar surface area (TPSA) is 92.0 Å². The molecule has 0 radical (unpaired) electrons. The van der Waals surface area contributed by atoms with Crippen LogP contribution < -0.4 is 9.47 Å². The van der Waals surface area contributed by atoms with Crippen molar-refractivity contribution in [3.8, 4) is 17.6 Å². The Kier molecular flexibility index (Phi) is 9.71. The van der Waals surface area contributed by atoms with E-state index in [1.807, 2.05) is 14.0 Å². The number of benzene rings is 2. The summed E-state index contributed by atoms with van der Waals surface area (Å²) in [5, 5.41) is 19.7. The van der Waals surface area contributed by atoms with E-state index in [9.17, 15) is 15.2 Å². The number of rotatable bonds is 12. The van der Waals surface area contributed by atoms with E-state index >= 15 is 0 Å². The minimum atomic E-state index is -1.45. The predicted octanol–water partition coefficient (Wildman–Crippen LogP) is 3.39. The Labute approximate surface area is 196 Å². The molecule has 0 aliphatic carbocycles. The molecule has 0 amide bonds. The lowest BCUT2D eigenvalue weighted by atomic mass is 9.77. The number of carbonyl (C=O) groups excluding carboxylic acids is 1. The molecule has 1 atom stereocenters. The van der Waals surface area contributed by atoms with Gasteiger partial charge in [-0.05, 0) is 74.7 Å². The van der Waals surface area contributed by atoms with Crippen molar-refractivity contribution in [2.45, 2.75) is 38.2 Å². The Bertz CT molecular complexity index is 985. The van der Waals surface area contributed by atoms with Crippen LogP contribution in [-0.2, 0) is 28.0 Å². The van der Waals surface area contributed by atoms with E-state index in [0.717, 1.165) is 24.3 Å². The van der Waals surface area contributed by atoms with Gasteiger partial charge < -0.3 is 24.2 Å². The molecule has 0 spiro atoms. The Balaban J connectivity index is 2.08. The molecule has 1 N–H and O–H groups in total. The molecule has 7 nitrogen and oxygen atoms in total. The summed E-state index contributed by atoms with van der Waals surface area (Å²) in [5.41, 5.74) is 1.87. The van der Waals surface area contributed by atoms with E-state index in [1.54, 1.807) is 25.3 Å². The fraction of sp³-hybridized carbons (Fsp3) is 0.462. The monoisotopic (exact) mass is 454 g/mol. The number of likely N-dealkylation sites (N-methyl/N-ethyl adjacent to an activating group) is 1. The van der Waals surface area contributed by atoms with Gasteiger partial charge in [0.25, 0.3) is 0 Å². The molecule has 2 aromatic rings. The first-order chi connectivity index (χ1) is 15.8. The van der Waals surface area contributed by atoms with Gasteiger partial charge in [-0.1, -0.05) is 18.2 Å². The molecule has 0 saturated carbocycles. The van der Waals surface area contributed by atoms with Crippen LogP contribution in [0.4, 0.5) is 0 Å². The molecule has 178 valence electrons. The first kappa shape index (κ1) is 26.2. The van der Waals surface area contributed by atoms with Crippen LogP contribution in [-0.4, -0.2) is 57.4 Å². The Morgan fingerprint density at radius 1 is 1.09 bits per heavy atom. The largest absolute Gasteiger partial charge is 0.496 e. The van der Waals surface area contributed by atoms with Crippen LogP contribution in [0.15, 0.2) is 36.4 Å². The Morgan fingerprint density at radius 2 is 1.82 bits per heavy atom. The number of aliphatic hydroxyl groups is 1. The molecular weight excluding hydrogens is 420 g/mol. The number of esters is 1. The fourth-order valence-electron chi connectivity index (χ4n) is 3.94. The van der Waals surface area contributed by atoms with E-state index in [0.29, 0.717) is 36.3 Å². The van der Waals surface area contributed by atoms with Crippen LogP contribution in [0, 0.1) is 18.3 Å². The average Bonchev–Trinajstić information content (AvgIpc) is 2.85. The van der Waals surface area contributed by atoms with Crippen molar-refractivity contribution in [2.75, 3.05) is 41.5 Å². The first-order valence-electron chi connectivity index (χ1n) is 10.9. The summed E-state index contributed by atoms with van der Waals surface area (Å²) in [6, 6.07) is 13.4. The smallest absolute Gasteiger partial charge is 0.330 e. The molecule has 0 aromatic heterocycles. The number of carbonyl (C=O) groups is 1. The minimum Gasteiger partial charge on any atom is -0.496 e. The molecular formula is C26H34N2O5. The second-order valence-corrected chi connectivity index (χ2v) is 8.15. The molecule has 0 aliphatic heterocycles. The number of aliphatic hydroxyl groups excluding tert-OH is 1. The highest BCUT2D eigenvalue weighted by Crippen LogP contribution is 2.34. The van der Waals surface area contributed by atoms with Crippen molar-refractivity contribution in [2.24, 2.45) is 0 Å². The maximum atomic E-state index is 12.7. The van der Waals surface area contributed by atoms with Gasteiger partial charge in [-0.25, -0.2) is 4.79 Å². The van der Waals surface area contributed by atoms with Crippen LogP contribution in [0.1, 0.15) is 35.1 Å². The molecule has 0 heterocycles. The van der Waals surface area contributed by atoms with Crippen LogP contribution in [0.5, 0.6) is 11.5 Å². The SMILES string of the molecule is COC(=O)C(C#N)(CCCN(C)CCc1ccc(C)c(OC)c1)c1ccc(OC)c(CO)c1. The van der Waals surface area contributed by atoms with Gasteiger partial charge >= 0.3 is 5.97 Å². The summed E-state index contributed by atoms with van der Waals surface area (Å²) in [7, 11) is 6.49. The van der Waals surface area contributed by atoms with Crippen LogP contribution >= 0.6 is 0 Å². The molecule has 1 unspecified atom stereocenters. The summed E-state index contributed by atoms with van der Waals surface area (Å²) in [6.07, 6.45) is 1.79. The van der Waals surface area contributed by atoms with E-state index in [2.05, 4.69) is 29.2 Å². The summed E-state index contributed by atoms with van der Waals surface area (Å²) < 4.78 is 15.7. The quantitative estimate of drug-likeness (QED) is 0.492. The van der Waals surface area contributed by atoms with E-state index < -0.39 is 11.4 Å². The van der Waals surface area contributed by atoms with Crippen molar-refractivity contribution in [1.82, 2.24) is 4.90 Å². The lowest BCUT2D eigenvalue weighted by Crippen LogP contribution is -2.37. The second-order valence-electron chi connectivity index (χ2n) is 8.15. The zero-order valence-electron chi connectivity index (χ0n) is 20.2. The van der Waals surface area contributed by atoms with Gasteiger partial charge in [0.15, 0.2) is 5.41 Å². The molecule has 33 heavy (non-hydrogen) atoms. The third-order valence-corrected chi connectivity index (χ3v) is 6.01. The molecule has 0 fully saturated rings. The van der Waals surface area contributed by atoms with Gasteiger partial charge in [0, 0.05) is 12.1 Å². The van der Waals surface area contributed by atoms with E-state index in [1.165, 1.54) is 19.8 Å². The van der Waals surface area contributed by atoms with Crippen LogP contribution in [0.2, 0.25) is 0 Å². The second kappa shape index (κ2) is 12.2. The van der Waals surface area contributed by atoms with Gasteiger partial charge in [-0.2, -0.15) is 5.26 Å². The van der Waals surface area contributed by atoms with Gasteiger partial charge in [0.2, 0.25) is 0 Å². The number of ether oxygens (including phenoxy) is 3. The normalized spacial score (nSPS) is 12.7. The van der Waals surface area contributed by atoms with E-state index in [4.69, 9.17) is 14.2 Å². The molecule has 2 aromatic carbocycles. The average molecular weight is 455 g/mol.